The van der Waals surface area contributed by atoms with Crippen LogP contribution in [0.2, 0.25) is 0 Å². The lowest BCUT2D eigenvalue weighted by Gasteiger charge is -2.20. The number of nitrogens with zero attached hydrogens (tertiary/aromatic N) is 1. The van der Waals surface area contributed by atoms with E-state index in [1.165, 1.54) is 0 Å². The normalized spacial score (nSPS) is 17.7. The van der Waals surface area contributed by atoms with Crippen LogP contribution in [0.15, 0.2) is 24.3 Å². The fourth-order valence-corrected chi connectivity index (χ4v) is 3.79. The second-order valence-corrected chi connectivity index (χ2v) is 5.94. The first-order valence-electron chi connectivity index (χ1n) is 7.38. The number of carboxylic acids is 1. The molecule has 20 heavy (non-hydrogen) atoms. The number of carbonyl (C=O) groups is 1. The molecule has 0 radical (unpaired) electrons. The van der Waals surface area contributed by atoms with Crippen molar-refractivity contribution in [1.82, 2.24) is 4.57 Å². The second-order valence-electron chi connectivity index (χ2n) is 5.94. The van der Waals surface area contributed by atoms with Crippen molar-refractivity contribution in [1.29, 1.82) is 0 Å². The van der Waals surface area contributed by atoms with E-state index in [4.69, 9.17) is 0 Å². The van der Waals surface area contributed by atoms with Crippen LogP contribution in [0.4, 0.5) is 0 Å². The lowest BCUT2D eigenvalue weighted by Crippen LogP contribution is -2.20. The molecule has 0 spiro atoms. The molecule has 0 aliphatic heterocycles. The van der Waals surface area contributed by atoms with Crippen molar-refractivity contribution in [3.05, 3.63) is 35.5 Å². The summed E-state index contributed by atoms with van der Waals surface area (Å²) in [5.74, 6) is -0.739. The van der Waals surface area contributed by atoms with E-state index >= 15 is 0 Å². The van der Waals surface area contributed by atoms with Crippen molar-refractivity contribution in [2.24, 2.45) is 13.0 Å². The number of aryl methyl sites for hydroxylation is 1. The fourth-order valence-electron chi connectivity index (χ4n) is 3.79. The Morgan fingerprint density at radius 2 is 1.95 bits per heavy atom. The van der Waals surface area contributed by atoms with Crippen molar-refractivity contribution in [3.8, 4) is 0 Å². The molecule has 1 heterocycles. The first-order chi connectivity index (χ1) is 9.61. The van der Waals surface area contributed by atoms with E-state index in [0.29, 0.717) is 0 Å². The molecule has 1 fully saturated rings. The zero-order valence-corrected chi connectivity index (χ0v) is 12.1. The monoisotopic (exact) mass is 271 g/mol. The van der Waals surface area contributed by atoms with Crippen LogP contribution in [0.5, 0.6) is 0 Å². The van der Waals surface area contributed by atoms with Gasteiger partial charge in [-0.3, -0.25) is 4.79 Å². The molecule has 0 amide bonds. The van der Waals surface area contributed by atoms with Crippen molar-refractivity contribution < 1.29 is 9.90 Å². The van der Waals surface area contributed by atoms with Gasteiger partial charge in [-0.05, 0) is 37.3 Å². The number of aromatic nitrogens is 1. The maximum absolute atomic E-state index is 11.9. The SMILES string of the molecule is Cc1c(C(C(=O)O)C2CCCC2)c2ccccc2n1C. The summed E-state index contributed by atoms with van der Waals surface area (Å²) in [5.41, 5.74) is 3.25. The van der Waals surface area contributed by atoms with Gasteiger partial charge in [-0.25, -0.2) is 0 Å². The zero-order valence-electron chi connectivity index (χ0n) is 12.1. The first-order valence-corrected chi connectivity index (χ1v) is 7.38. The average molecular weight is 271 g/mol. The number of carboxylic acid groups (broad SMARTS) is 1. The molecular weight excluding hydrogens is 250 g/mol. The topological polar surface area (TPSA) is 42.2 Å². The highest BCUT2D eigenvalue weighted by Gasteiger charge is 2.35. The summed E-state index contributed by atoms with van der Waals surface area (Å²) in [6.07, 6.45) is 4.41. The Hall–Kier alpha value is -1.77. The summed E-state index contributed by atoms with van der Waals surface area (Å²) in [7, 11) is 2.02. The Morgan fingerprint density at radius 1 is 1.30 bits per heavy atom. The van der Waals surface area contributed by atoms with Crippen molar-refractivity contribution in [3.63, 3.8) is 0 Å². The number of rotatable bonds is 3. The molecule has 3 rings (SSSR count). The van der Waals surface area contributed by atoms with E-state index < -0.39 is 5.97 Å². The number of hydrogen-bond acceptors (Lipinski definition) is 1. The lowest BCUT2D eigenvalue weighted by molar-refractivity contribution is -0.140. The van der Waals surface area contributed by atoms with Gasteiger partial charge in [0.2, 0.25) is 0 Å². The van der Waals surface area contributed by atoms with Crippen LogP contribution < -0.4 is 0 Å². The molecule has 0 saturated heterocycles. The molecule has 1 atom stereocenters. The molecule has 1 unspecified atom stereocenters. The highest BCUT2D eigenvalue weighted by Crippen LogP contribution is 2.42. The standard InChI is InChI=1S/C17H21NO2/c1-11-15(13-9-5-6-10-14(13)18(11)2)16(17(19)20)12-7-3-4-8-12/h5-6,9-10,12,16H,3-4,7-8H2,1-2H3,(H,19,20). The van der Waals surface area contributed by atoms with Gasteiger partial charge in [-0.2, -0.15) is 0 Å². The molecule has 3 nitrogen and oxygen atoms in total. The third-order valence-electron chi connectivity index (χ3n) is 4.90. The Kier molecular flexibility index (Phi) is 3.28. The molecule has 0 bridgehead atoms. The van der Waals surface area contributed by atoms with E-state index in [9.17, 15) is 9.90 Å². The van der Waals surface area contributed by atoms with Crippen LogP contribution in [-0.2, 0) is 11.8 Å². The minimum absolute atomic E-state index is 0.289. The molecule has 106 valence electrons. The van der Waals surface area contributed by atoms with Gasteiger partial charge < -0.3 is 9.67 Å². The summed E-state index contributed by atoms with van der Waals surface area (Å²) in [6, 6.07) is 8.14. The fraction of sp³-hybridized carbons (Fsp3) is 0.471. The molecule has 3 heteroatoms. The third-order valence-corrected chi connectivity index (χ3v) is 4.90. The molecule has 1 aliphatic carbocycles. The van der Waals surface area contributed by atoms with Gasteiger partial charge in [0.1, 0.15) is 0 Å². The summed E-state index contributed by atoms with van der Waals surface area (Å²) in [4.78, 5) is 11.9. The Labute approximate surface area is 119 Å². The molecular formula is C17H21NO2. The quantitative estimate of drug-likeness (QED) is 0.921. The van der Waals surface area contributed by atoms with Crippen molar-refractivity contribution in [2.75, 3.05) is 0 Å². The van der Waals surface area contributed by atoms with E-state index in [0.717, 1.165) is 47.8 Å². The Balaban J connectivity index is 2.20. The minimum Gasteiger partial charge on any atom is -0.481 e. The summed E-state index contributed by atoms with van der Waals surface area (Å²) >= 11 is 0. The molecule has 1 aromatic carbocycles. The molecule has 1 saturated carbocycles. The van der Waals surface area contributed by atoms with Gasteiger partial charge >= 0.3 is 5.97 Å². The third kappa shape index (κ3) is 1.92. The molecule has 1 aromatic heterocycles. The Bertz CT molecular complexity index is 650. The predicted octanol–water partition coefficient (Wildman–Crippen LogP) is 3.85. The smallest absolute Gasteiger partial charge is 0.311 e. The highest BCUT2D eigenvalue weighted by molar-refractivity contribution is 5.91. The number of fused-ring (bicyclic) bond motifs is 1. The predicted molar refractivity (Wildman–Crippen MR) is 80.0 cm³/mol. The number of aliphatic carboxylic acids is 1. The second kappa shape index (κ2) is 4.97. The summed E-state index contributed by atoms with van der Waals surface area (Å²) in [5, 5.41) is 10.9. The van der Waals surface area contributed by atoms with Gasteiger partial charge in [0.15, 0.2) is 0 Å². The highest BCUT2D eigenvalue weighted by atomic mass is 16.4. The van der Waals surface area contributed by atoms with E-state index in [-0.39, 0.29) is 11.8 Å². The summed E-state index contributed by atoms with van der Waals surface area (Å²) < 4.78 is 2.12. The van der Waals surface area contributed by atoms with Crippen molar-refractivity contribution >= 4 is 16.9 Å². The Morgan fingerprint density at radius 3 is 2.60 bits per heavy atom. The largest absolute Gasteiger partial charge is 0.481 e. The van der Waals surface area contributed by atoms with Crippen LogP contribution in [0.25, 0.3) is 10.9 Å². The van der Waals surface area contributed by atoms with Crippen LogP contribution >= 0.6 is 0 Å². The van der Waals surface area contributed by atoms with Gasteiger partial charge in [-0.1, -0.05) is 31.0 Å². The number of hydrogen-bond donors (Lipinski definition) is 1. The van der Waals surface area contributed by atoms with Gasteiger partial charge in [0, 0.05) is 23.6 Å². The molecule has 1 N–H and O–H groups in total. The van der Waals surface area contributed by atoms with Crippen LogP contribution in [0.1, 0.15) is 42.9 Å². The van der Waals surface area contributed by atoms with Crippen molar-refractivity contribution in [2.45, 2.75) is 38.5 Å². The lowest BCUT2D eigenvalue weighted by atomic mass is 9.83. The average Bonchev–Trinajstić information content (AvgIpc) is 3.03. The van der Waals surface area contributed by atoms with Crippen LogP contribution in [-0.4, -0.2) is 15.6 Å². The summed E-state index contributed by atoms with van der Waals surface area (Å²) in [6.45, 7) is 2.04. The van der Waals surface area contributed by atoms with Gasteiger partial charge in [-0.15, -0.1) is 0 Å². The van der Waals surface area contributed by atoms with Gasteiger partial charge in [0.05, 0.1) is 5.92 Å². The maximum Gasteiger partial charge on any atom is 0.311 e. The van der Waals surface area contributed by atoms with Crippen LogP contribution in [0, 0.1) is 12.8 Å². The van der Waals surface area contributed by atoms with Gasteiger partial charge in [0.25, 0.3) is 0 Å². The zero-order chi connectivity index (χ0) is 14.3. The maximum atomic E-state index is 11.9. The number of para-hydroxylation sites is 1. The first kappa shape index (κ1) is 13.2. The van der Waals surface area contributed by atoms with E-state index in [1.807, 2.05) is 26.1 Å². The van der Waals surface area contributed by atoms with Crippen LogP contribution in [0.3, 0.4) is 0 Å². The molecule has 1 aliphatic rings. The molecule has 2 aromatic rings. The number of benzene rings is 1. The van der Waals surface area contributed by atoms with E-state index in [2.05, 4.69) is 16.7 Å². The minimum atomic E-state index is -0.670. The van der Waals surface area contributed by atoms with E-state index in [1.54, 1.807) is 0 Å².